The summed E-state index contributed by atoms with van der Waals surface area (Å²) in [5, 5.41) is 6.28. The van der Waals surface area contributed by atoms with E-state index >= 15 is 0 Å². The van der Waals surface area contributed by atoms with Gasteiger partial charge in [-0.05, 0) is 26.0 Å². The third kappa shape index (κ3) is 9.37. The third-order valence-electron chi connectivity index (χ3n) is 3.15. The van der Waals surface area contributed by atoms with Crippen molar-refractivity contribution in [1.82, 2.24) is 15.5 Å². The smallest absolute Gasteiger partial charge is 0.243 e. The van der Waals surface area contributed by atoms with Crippen LogP contribution in [0.5, 0.6) is 11.5 Å². The summed E-state index contributed by atoms with van der Waals surface area (Å²) in [6.07, 6.45) is -0.0782. The number of carbonyl (C=O) groups is 1. The van der Waals surface area contributed by atoms with Crippen LogP contribution in [0.1, 0.15) is 13.8 Å². The number of guanidine groups is 1. The molecule has 142 valence electrons. The number of nitrogens with one attached hydrogen (secondary N) is 2. The number of nitrogens with zero attached hydrogens (tertiary/aromatic N) is 2. The topological polar surface area (TPSA) is 75.2 Å². The van der Waals surface area contributed by atoms with Crippen molar-refractivity contribution in [2.45, 2.75) is 20.0 Å². The molecule has 0 aliphatic carbocycles. The number of amides is 1. The van der Waals surface area contributed by atoms with Gasteiger partial charge < -0.3 is 25.0 Å². The molecule has 1 aromatic rings. The van der Waals surface area contributed by atoms with Gasteiger partial charge in [0, 0.05) is 26.7 Å². The van der Waals surface area contributed by atoms with E-state index in [9.17, 15) is 4.79 Å². The molecule has 1 amide bonds. The van der Waals surface area contributed by atoms with Crippen LogP contribution in [-0.2, 0) is 4.79 Å². The van der Waals surface area contributed by atoms with E-state index in [-0.39, 0.29) is 42.5 Å². The molecule has 0 aliphatic rings. The zero-order valence-corrected chi connectivity index (χ0v) is 17.9. The van der Waals surface area contributed by atoms with E-state index in [4.69, 9.17) is 9.47 Å². The number of benzene rings is 1. The van der Waals surface area contributed by atoms with Crippen LogP contribution in [0.25, 0.3) is 0 Å². The van der Waals surface area contributed by atoms with Crippen molar-refractivity contribution in [1.29, 1.82) is 0 Å². The zero-order valence-electron chi connectivity index (χ0n) is 15.5. The summed E-state index contributed by atoms with van der Waals surface area (Å²) in [7, 11) is 5.04. The fourth-order valence-corrected chi connectivity index (χ4v) is 1.82. The van der Waals surface area contributed by atoms with Crippen molar-refractivity contribution < 1.29 is 14.3 Å². The summed E-state index contributed by atoms with van der Waals surface area (Å²) in [5.41, 5.74) is 0. The maximum absolute atomic E-state index is 11.6. The maximum atomic E-state index is 11.6. The number of likely N-dealkylation sites (N-methyl/N-ethyl adjacent to an activating group) is 1. The molecule has 1 rings (SSSR count). The van der Waals surface area contributed by atoms with Crippen molar-refractivity contribution in [2.24, 2.45) is 4.99 Å². The van der Waals surface area contributed by atoms with Crippen LogP contribution < -0.4 is 20.1 Å². The Labute approximate surface area is 167 Å². The van der Waals surface area contributed by atoms with E-state index < -0.39 is 0 Å². The van der Waals surface area contributed by atoms with Crippen molar-refractivity contribution >= 4 is 35.8 Å². The van der Waals surface area contributed by atoms with E-state index in [0.717, 1.165) is 11.5 Å². The Morgan fingerprint density at radius 2 is 1.96 bits per heavy atom. The Bertz CT molecular complexity index is 552. The fourth-order valence-electron chi connectivity index (χ4n) is 1.82. The average Bonchev–Trinajstić information content (AvgIpc) is 2.57. The number of methoxy groups -OCH3 is 1. The fraction of sp³-hybridized carbons (Fsp3) is 0.529. The number of ether oxygens (including phenoxy) is 2. The molecule has 0 saturated heterocycles. The molecule has 0 heterocycles. The first kappa shape index (κ1) is 23.3. The highest BCUT2D eigenvalue weighted by Gasteiger charge is 2.08. The van der Waals surface area contributed by atoms with Crippen LogP contribution >= 0.6 is 24.0 Å². The minimum absolute atomic E-state index is 0. The lowest BCUT2D eigenvalue weighted by Crippen LogP contribution is -2.42. The van der Waals surface area contributed by atoms with Gasteiger partial charge in [0.2, 0.25) is 5.91 Å². The summed E-state index contributed by atoms with van der Waals surface area (Å²) in [6.45, 7) is 5.31. The summed E-state index contributed by atoms with van der Waals surface area (Å²) in [4.78, 5) is 17.4. The Kier molecular flexibility index (Phi) is 11.8. The minimum atomic E-state index is -0.0782. The lowest BCUT2D eigenvalue weighted by atomic mass is 10.3. The zero-order chi connectivity index (χ0) is 17.9. The molecule has 0 bridgehead atoms. The van der Waals surface area contributed by atoms with Crippen LogP contribution in [-0.4, -0.2) is 63.7 Å². The molecule has 0 spiro atoms. The molecule has 0 radical (unpaired) electrons. The highest BCUT2D eigenvalue weighted by atomic mass is 127. The largest absolute Gasteiger partial charge is 0.497 e. The van der Waals surface area contributed by atoms with Crippen molar-refractivity contribution in [3.63, 3.8) is 0 Å². The molecule has 8 heteroatoms. The van der Waals surface area contributed by atoms with E-state index in [1.165, 1.54) is 4.90 Å². The van der Waals surface area contributed by atoms with Crippen molar-refractivity contribution in [3.05, 3.63) is 24.3 Å². The lowest BCUT2D eigenvalue weighted by Gasteiger charge is -2.18. The van der Waals surface area contributed by atoms with Crippen LogP contribution in [0.4, 0.5) is 0 Å². The molecule has 0 aliphatic heterocycles. The van der Waals surface area contributed by atoms with E-state index in [1.54, 1.807) is 21.2 Å². The maximum Gasteiger partial charge on any atom is 0.243 e. The second-order valence-corrected chi connectivity index (χ2v) is 5.47. The first-order valence-corrected chi connectivity index (χ1v) is 7.99. The molecule has 7 nitrogen and oxygen atoms in total. The van der Waals surface area contributed by atoms with Gasteiger partial charge in [0.15, 0.2) is 5.96 Å². The quantitative estimate of drug-likeness (QED) is 0.348. The van der Waals surface area contributed by atoms with Crippen molar-refractivity contribution in [3.8, 4) is 11.5 Å². The van der Waals surface area contributed by atoms with Gasteiger partial charge in [0.05, 0.1) is 13.7 Å². The van der Waals surface area contributed by atoms with Gasteiger partial charge in [-0.2, -0.15) is 0 Å². The second kappa shape index (κ2) is 12.6. The van der Waals surface area contributed by atoms with E-state index in [2.05, 4.69) is 15.6 Å². The van der Waals surface area contributed by atoms with E-state index in [0.29, 0.717) is 19.0 Å². The molecule has 1 atom stereocenters. The van der Waals surface area contributed by atoms with Gasteiger partial charge in [0.25, 0.3) is 0 Å². The first-order chi connectivity index (χ1) is 11.5. The molecule has 1 unspecified atom stereocenters. The number of carbonyl (C=O) groups excluding carboxylic acids is 1. The second-order valence-electron chi connectivity index (χ2n) is 5.47. The molecule has 0 saturated carbocycles. The first-order valence-electron chi connectivity index (χ1n) is 7.99. The predicted molar refractivity (Wildman–Crippen MR) is 111 cm³/mol. The molecular weight excluding hydrogens is 435 g/mol. The molecule has 0 aromatic heterocycles. The molecular formula is C17H29IN4O3. The minimum Gasteiger partial charge on any atom is -0.497 e. The number of aliphatic imine (C=N–C) groups is 1. The summed E-state index contributed by atoms with van der Waals surface area (Å²) >= 11 is 0. The predicted octanol–water partition coefficient (Wildman–Crippen LogP) is 1.72. The average molecular weight is 464 g/mol. The van der Waals surface area contributed by atoms with Crippen molar-refractivity contribution in [2.75, 3.05) is 40.8 Å². The SMILES string of the molecule is CCNC(=NCC(=O)N(C)C)NCC(C)Oc1cccc(OC)c1.I. The Morgan fingerprint density at radius 1 is 1.28 bits per heavy atom. The number of hydrogen-bond acceptors (Lipinski definition) is 4. The Morgan fingerprint density at radius 3 is 2.56 bits per heavy atom. The number of rotatable bonds is 8. The number of hydrogen-bond donors (Lipinski definition) is 2. The normalized spacial score (nSPS) is 11.8. The van der Waals surface area contributed by atoms with Crippen LogP contribution in [0.3, 0.4) is 0 Å². The highest BCUT2D eigenvalue weighted by molar-refractivity contribution is 14.0. The van der Waals surface area contributed by atoms with Gasteiger partial charge >= 0.3 is 0 Å². The number of halogens is 1. The summed E-state index contributed by atoms with van der Waals surface area (Å²) < 4.78 is 11.0. The van der Waals surface area contributed by atoms with Crippen LogP contribution in [0, 0.1) is 0 Å². The molecule has 0 fully saturated rings. The Balaban J connectivity index is 0.00000576. The lowest BCUT2D eigenvalue weighted by molar-refractivity contribution is -0.127. The van der Waals surface area contributed by atoms with Gasteiger partial charge in [-0.1, -0.05) is 6.07 Å². The highest BCUT2D eigenvalue weighted by Crippen LogP contribution is 2.19. The molecule has 25 heavy (non-hydrogen) atoms. The standard InChI is InChI=1S/C17H28N4O3.HI/c1-6-18-17(20-12-16(22)21(3)4)19-11-13(2)24-15-9-7-8-14(10-15)23-5;/h7-10,13H,6,11-12H2,1-5H3,(H2,18,19,20);1H. The molecule has 1 aromatic carbocycles. The Hall–Kier alpha value is -1.71. The van der Waals surface area contributed by atoms with Gasteiger partial charge in [-0.3, -0.25) is 4.79 Å². The van der Waals surface area contributed by atoms with Crippen LogP contribution in [0.2, 0.25) is 0 Å². The van der Waals surface area contributed by atoms with E-state index in [1.807, 2.05) is 38.1 Å². The summed E-state index contributed by atoms with van der Waals surface area (Å²) in [6, 6.07) is 7.47. The van der Waals surface area contributed by atoms with Crippen LogP contribution in [0.15, 0.2) is 29.3 Å². The third-order valence-corrected chi connectivity index (χ3v) is 3.15. The summed E-state index contributed by atoms with van der Waals surface area (Å²) in [5.74, 6) is 2.04. The van der Waals surface area contributed by atoms with Gasteiger partial charge in [-0.25, -0.2) is 4.99 Å². The van der Waals surface area contributed by atoms with Gasteiger partial charge in [-0.15, -0.1) is 24.0 Å². The monoisotopic (exact) mass is 464 g/mol. The van der Waals surface area contributed by atoms with Gasteiger partial charge in [0.1, 0.15) is 24.1 Å². The molecule has 2 N–H and O–H groups in total.